The van der Waals surface area contributed by atoms with Crippen LogP contribution in [0.3, 0.4) is 0 Å². The van der Waals surface area contributed by atoms with Gasteiger partial charge in [0.2, 0.25) is 10.0 Å². The van der Waals surface area contributed by atoms with E-state index in [1.54, 1.807) is 6.07 Å². The van der Waals surface area contributed by atoms with E-state index in [-0.39, 0.29) is 0 Å². The maximum Gasteiger partial charge on any atom is 0.229 e. The van der Waals surface area contributed by atoms with E-state index in [0.717, 1.165) is 18.5 Å². The van der Waals surface area contributed by atoms with Crippen molar-refractivity contribution < 1.29 is 8.42 Å². The first-order chi connectivity index (χ1) is 8.04. The summed E-state index contributed by atoms with van der Waals surface area (Å²) in [5.74, 6) is 0. The fourth-order valence-corrected chi connectivity index (χ4v) is 2.77. The standard InChI is InChI=1S/C12H18N2O2S/c1-17(15,16)14-12-9-5-4-8-11(12)13-10-6-2-3-7-10/h4-5,8-10,13-14H,2-3,6-7H2,1H3. The van der Waals surface area contributed by atoms with Gasteiger partial charge in [-0.1, -0.05) is 25.0 Å². The van der Waals surface area contributed by atoms with Gasteiger partial charge in [-0.25, -0.2) is 8.42 Å². The Labute approximate surface area is 102 Å². The monoisotopic (exact) mass is 254 g/mol. The average Bonchev–Trinajstić information content (AvgIpc) is 2.71. The third-order valence-electron chi connectivity index (χ3n) is 2.94. The molecule has 1 aliphatic carbocycles. The minimum atomic E-state index is -3.22. The highest BCUT2D eigenvalue weighted by molar-refractivity contribution is 7.92. The van der Waals surface area contributed by atoms with Crippen molar-refractivity contribution in [2.45, 2.75) is 31.7 Å². The molecule has 5 heteroatoms. The molecule has 0 amide bonds. The largest absolute Gasteiger partial charge is 0.381 e. The summed E-state index contributed by atoms with van der Waals surface area (Å²) in [6.07, 6.45) is 5.98. The molecule has 0 saturated heterocycles. The van der Waals surface area contributed by atoms with E-state index in [9.17, 15) is 8.42 Å². The number of anilines is 2. The molecule has 2 rings (SSSR count). The van der Waals surface area contributed by atoms with Gasteiger partial charge in [0.1, 0.15) is 0 Å². The predicted molar refractivity (Wildman–Crippen MR) is 70.8 cm³/mol. The van der Waals surface area contributed by atoms with Gasteiger partial charge in [0.05, 0.1) is 17.6 Å². The predicted octanol–water partition coefficient (Wildman–Crippen LogP) is 2.41. The third-order valence-corrected chi connectivity index (χ3v) is 3.53. The van der Waals surface area contributed by atoms with Crippen molar-refractivity contribution >= 4 is 21.4 Å². The van der Waals surface area contributed by atoms with Gasteiger partial charge in [0.25, 0.3) is 0 Å². The third kappa shape index (κ3) is 3.63. The van der Waals surface area contributed by atoms with Crippen molar-refractivity contribution in [3.05, 3.63) is 24.3 Å². The van der Waals surface area contributed by atoms with Crippen molar-refractivity contribution in [2.75, 3.05) is 16.3 Å². The molecule has 0 bridgehead atoms. The Bertz CT molecular complexity index is 479. The highest BCUT2D eigenvalue weighted by Crippen LogP contribution is 2.27. The molecule has 1 aromatic rings. The lowest BCUT2D eigenvalue weighted by Crippen LogP contribution is -2.17. The number of rotatable bonds is 4. The van der Waals surface area contributed by atoms with Crippen molar-refractivity contribution in [2.24, 2.45) is 0 Å². The highest BCUT2D eigenvalue weighted by atomic mass is 32.2. The van der Waals surface area contributed by atoms with Crippen LogP contribution in [0, 0.1) is 0 Å². The molecule has 17 heavy (non-hydrogen) atoms. The van der Waals surface area contributed by atoms with E-state index in [0.29, 0.717) is 11.7 Å². The second-order valence-corrected chi connectivity index (χ2v) is 6.29. The minimum absolute atomic E-state index is 0.470. The summed E-state index contributed by atoms with van der Waals surface area (Å²) in [6.45, 7) is 0. The molecule has 94 valence electrons. The Morgan fingerprint density at radius 2 is 1.71 bits per heavy atom. The van der Waals surface area contributed by atoms with Gasteiger partial charge in [0, 0.05) is 6.04 Å². The summed E-state index contributed by atoms with van der Waals surface area (Å²) < 4.78 is 25.0. The van der Waals surface area contributed by atoms with Crippen LogP contribution in [0.25, 0.3) is 0 Å². The van der Waals surface area contributed by atoms with Crippen molar-refractivity contribution in [1.82, 2.24) is 0 Å². The fraction of sp³-hybridized carbons (Fsp3) is 0.500. The smallest absolute Gasteiger partial charge is 0.229 e. The van der Waals surface area contributed by atoms with Crippen molar-refractivity contribution in [3.63, 3.8) is 0 Å². The maximum absolute atomic E-state index is 11.3. The van der Waals surface area contributed by atoms with Gasteiger partial charge in [-0.05, 0) is 25.0 Å². The van der Waals surface area contributed by atoms with Crippen LogP contribution in [0.2, 0.25) is 0 Å². The van der Waals surface area contributed by atoms with Crippen molar-refractivity contribution in [3.8, 4) is 0 Å². The van der Waals surface area contributed by atoms with Crippen LogP contribution >= 0.6 is 0 Å². The number of hydrogen-bond acceptors (Lipinski definition) is 3. The van der Waals surface area contributed by atoms with Gasteiger partial charge in [-0.15, -0.1) is 0 Å². The second-order valence-electron chi connectivity index (χ2n) is 4.55. The summed E-state index contributed by atoms with van der Waals surface area (Å²) in [4.78, 5) is 0. The molecule has 2 N–H and O–H groups in total. The van der Waals surface area contributed by atoms with Crippen molar-refractivity contribution in [1.29, 1.82) is 0 Å². The quantitative estimate of drug-likeness (QED) is 0.867. The Hall–Kier alpha value is -1.23. The van der Waals surface area contributed by atoms with Crippen LogP contribution in [0.4, 0.5) is 11.4 Å². The molecule has 4 nitrogen and oxygen atoms in total. The molecular weight excluding hydrogens is 236 g/mol. The summed E-state index contributed by atoms with van der Waals surface area (Å²) >= 11 is 0. The Balaban J connectivity index is 2.15. The number of benzene rings is 1. The lowest BCUT2D eigenvalue weighted by molar-refractivity contribution is 0.607. The van der Waals surface area contributed by atoms with Gasteiger partial charge < -0.3 is 5.32 Å². The zero-order valence-electron chi connectivity index (χ0n) is 9.94. The highest BCUT2D eigenvalue weighted by Gasteiger charge is 2.16. The molecule has 0 aromatic heterocycles. The van der Waals surface area contributed by atoms with Crippen LogP contribution in [-0.2, 0) is 10.0 Å². The number of hydrogen-bond donors (Lipinski definition) is 2. The molecule has 1 aromatic carbocycles. The first-order valence-electron chi connectivity index (χ1n) is 5.88. The molecular formula is C12H18N2O2S. The molecule has 1 fully saturated rings. The zero-order chi connectivity index (χ0) is 12.3. The van der Waals surface area contributed by atoms with Crippen LogP contribution in [0.5, 0.6) is 0 Å². The Kier molecular flexibility index (Phi) is 3.57. The normalized spacial score (nSPS) is 17.0. The van der Waals surface area contributed by atoms with Gasteiger partial charge in [-0.3, -0.25) is 4.72 Å². The number of nitrogens with one attached hydrogen (secondary N) is 2. The molecule has 1 aliphatic rings. The molecule has 1 saturated carbocycles. The zero-order valence-corrected chi connectivity index (χ0v) is 10.8. The van der Waals surface area contributed by atoms with Crippen LogP contribution in [0.15, 0.2) is 24.3 Å². The molecule has 0 spiro atoms. The fourth-order valence-electron chi connectivity index (χ4n) is 2.19. The Morgan fingerprint density at radius 1 is 1.12 bits per heavy atom. The molecule has 0 atom stereocenters. The first-order valence-corrected chi connectivity index (χ1v) is 7.77. The minimum Gasteiger partial charge on any atom is -0.381 e. The lowest BCUT2D eigenvalue weighted by atomic mass is 10.2. The van der Waals surface area contributed by atoms with E-state index in [1.165, 1.54) is 19.1 Å². The Morgan fingerprint density at radius 3 is 2.29 bits per heavy atom. The summed E-state index contributed by atoms with van der Waals surface area (Å²) in [5, 5.41) is 3.41. The molecule has 0 aliphatic heterocycles. The van der Waals surface area contributed by atoms with Crippen LogP contribution in [-0.4, -0.2) is 20.7 Å². The number of sulfonamides is 1. The topological polar surface area (TPSA) is 58.2 Å². The van der Waals surface area contributed by atoms with E-state index in [1.807, 2.05) is 18.2 Å². The lowest BCUT2D eigenvalue weighted by Gasteiger charge is -2.17. The second kappa shape index (κ2) is 4.96. The first kappa shape index (κ1) is 12.2. The summed E-state index contributed by atoms with van der Waals surface area (Å²) in [6, 6.07) is 7.89. The van der Waals surface area contributed by atoms with Gasteiger partial charge in [0.15, 0.2) is 0 Å². The van der Waals surface area contributed by atoms with E-state index < -0.39 is 10.0 Å². The molecule has 0 unspecified atom stereocenters. The van der Waals surface area contributed by atoms with E-state index in [2.05, 4.69) is 10.0 Å². The molecule has 0 radical (unpaired) electrons. The maximum atomic E-state index is 11.3. The average molecular weight is 254 g/mol. The summed E-state index contributed by atoms with van der Waals surface area (Å²) in [7, 11) is -3.22. The van der Waals surface area contributed by atoms with Crippen LogP contribution < -0.4 is 10.0 Å². The van der Waals surface area contributed by atoms with E-state index in [4.69, 9.17) is 0 Å². The SMILES string of the molecule is CS(=O)(=O)Nc1ccccc1NC1CCCC1. The van der Waals surface area contributed by atoms with Crippen LogP contribution in [0.1, 0.15) is 25.7 Å². The van der Waals surface area contributed by atoms with E-state index >= 15 is 0 Å². The number of para-hydroxylation sites is 2. The van der Waals surface area contributed by atoms with Gasteiger partial charge in [-0.2, -0.15) is 0 Å². The molecule has 0 heterocycles. The van der Waals surface area contributed by atoms with Gasteiger partial charge >= 0.3 is 0 Å². The summed E-state index contributed by atoms with van der Waals surface area (Å²) in [5.41, 5.74) is 1.49.